The highest BCUT2D eigenvalue weighted by molar-refractivity contribution is 6.39. The second-order valence-electron chi connectivity index (χ2n) is 5.25. The number of likely N-dealkylation sites (N-methyl/N-ethyl adjacent to an activating group) is 1. The van der Waals surface area contributed by atoms with Gasteiger partial charge in [0.2, 0.25) is 5.88 Å². The maximum Gasteiger partial charge on any atom is 0.313 e. The Balaban J connectivity index is 1.89. The van der Waals surface area contributed by atoms with E-state index in [0.717, 1.165) is 0 Å². The Morgan fingerprint density at radius 1 is 1.29 bits per heavy atom. The molecule has 2 amide bonds. The Labute approximate surface area is 139 Å². The van der Waals surface area contributed by atoms with E-state index in [9.17, 15) is 9.59 Å². The van der Waals surface area contributed by atoms with E-state index in [-0.39, 0.29) is 12.6 Å². The van der Waals surface area contributed by atoms with Crippen LogP contribution in [0.3, 0.4) is 0 Å². The second-order valence-corrected chi connectivity index (χ2v) is 5.25. The molecule has 0 saturated carbocycles. The number of ether oxygens (including phenoxy) is 1. The van der Waals surface area contributed by atoms with Crippen LogP contribution in [0.4, 0.5) is 5.69 Å². The minimum Gasteiger partial charge on any atom is -0.481 e. The molecular formula is C16H20N4O4. The first kappa shape index (κ1) is 17.5. The lowest BCUT2D eigenvalue weighted by Gasteiger charge is -2.22. The molecule has 0 aliphatic carbocycles. The Kier molecular flexibility index (Phi) is 5.91. The van der Waals surface area contributed by atoms with Gasteiger partial charge in [-0.05, 0) is 32.3 Å². The van der Waals surface area contributed by atoms with E-state index in [0.29, 0.717) is 17.3 Å². The highest BCUT2D eigenvalue weighted by atomic mass is 16.5. The Bertz CT molecular complexity index is 668. The van der Waals surface area contributed by atoms with Gasteiger partial charge in [0.05, 0.1) is 31.3 Å². The van der Waals surface area contributed by atoms with E-state index in [1.54, 1.807) is 24.5 Å². The maximum atomic E-state index is 11.9. The van der Waals surface area contributed by atoms with E-state index in [1.165, 1.54) is 13.3 Å². The van der Waals surface area contributed by atoms with Gasteiger partial charge in [-0.15, -0.1) is 0 Å². The number of amides is 2. The van der Waals surface area contributed by atoms with Crippen LogP contribution >= 0.6 is 0 Å². The molecule has 0 fully saturated rings. The average molecular weight is 332 g/mol. The molecule has 0 aromatic carbocycles. The lowest BCUT2D eigenvalue weighted by molar-refractivity contribution is -0.136. The molecule has 1 atom stereocenters. The quantitative estimate of drug-likeness (QED) is 0.767. The summed E-state index contributed by atoms with van der Waals surface area (Å²) in [6.07, 6.45) is 2.98. The van der Waals surface area contributed by atoms with Crippen LogP contribution in [0, 0.1) is 0 Å². The van der Waals surface area contributed by atoms with Crippen molar-refractivity contribution in [2.24, 2.45) is 0 Å². The summed E-state index contributed by atoms with van der Waals surface area (Å²) >= 11 is 0. The Morgan fingerprint density at radius 3 is 2.62 bits per heavy atom. The van der Waals surface area contributed by atoms with Crippen molar-refractivity contribution in [2.75, 3.05) is 33.1 Å². The zero-order valence-corrected chi connectivity index (χ0v) is 13.8. The van der Waals surface area contributed by atoms with Crippen molar-refractivity contribution in [3.8, 4) is 5.88 Å². The topological polar surface area (TPSA) is 96.7 Å². The fourth-order valence-electron chi connectivity index (χ4n) is 2.05. The standard InChI is InChI=1S/C16H20N4O4/c1-20(2)12(13-5-4-8-24-13)10-18-15(21)16(22)19-11-6-7-14(23-3)17-9-11/h4-9,12H,10H2,1-3H3,(H,18,21)(H,19,22)/t12-/m1/s1. The predicted octanol–water partition coefficient (Wildman–Crippen LogP) is 1.04. The molecule has 2 aromatic rings. The first-order chi connectivity index (χ1) is 11.5. The number of anilines is 1. The number of carbonyl (C=O) groups is 2. The molecule has 128 valence electrons. The van der Waals surface area contributed by atoms with Gasteiger partial charge in [0, 0.05) is 12.6 Å². The number of aromatic nitrogens is 1. The van der Waals surface area contributed by atoms with Gasteiger partial charge in [-0.3, -0.25) is 14.5 Å². The van der Waals surface area contributed by atoms with Gasteiger partial charge in [-0.1, -0.05) is 0 Å². The van der Waals surface area contributed by atoms with Crippen molar-refractivity contribution in [1.29, 1.82) is 0 Å². The number of nitrogens with zero attached hydrogens (tertiary/aromatic N) is 2. The van der Waals surface area contributed by atoms with Gasteiger partial charge in [-0.2, -0.15) is 0 Å². The third-order valence-corrected chi connectivity index (χ3v) is 3.36. The molecule has 2 heterocycles. The van der Waals surface area contributed by atoms with E-state index in [4.69, 9.17) is 9.15 Å². The van der Waals surface area contributed by atoms with Gasteiger partial charge in [0.1, 0.15) is 5.76 Å². The molecule has 0 spiro atoms. The van der Waals surface area contributed by atoms with Crippen LogP contribution in [0.15, 0.2) is 41.1 Å². The Hall–Kier alpha value is -2.87. The summed E-state index contributed by atoms with van der Waals surface area (Å²) in [6.45, 7) is 0.244. The van der Waals surface area contributed by atoms with Crippen molar-refractivity contribution < 1.29 is 18.7 Å². The number of nitrogens with one attached hydrogen (secondary N) is 2. The Morgan fingerprint density at radius 2 is 2.08 bits per heavy atom. The van der Waals surface area contributed by atoms with Gasteiger partial charge in [0.25, 0.3) is 0 Å². The first-order valence-corrected chi connectivity index (χ1v) is 7.30. The van der Waals surface area contributed by atoms with Crippen LogP contribution in [0.25, 0.3) is 0 Å². The normalized spacial score (nSPS) is 11.8. The molecule has 8 heteroatoms. The van der Waals surface area contributed by atoms with Crippen LogP contribution in [0.1, 0.15) is 11.8 Å². The number of pyridine rings is 1. The van der Waals surface area contributed by atoms with Crippen molar-refractivity contribution in [2.45, 2.75) is 6.04 Å². The highest BCUT2D eigenvalue weighted by Gasteiger charge is 2.20. The SMILES string of the molecule is COc1ccc(NC(=O)C(=O)NC[C@H](c2ccco2)N(C)C)cn1. The molecular weight excluding hydrogens is 312 g/mol. The smallest absolute Gasteiger partial charge is 0.313 e. The lowest BCUT2D eigenvalue weighted by Crippen LogP contribution is -2.40. The number of hydrogen-bond acceptors (Lipinski definition) is 6. The average Bonchev–Trinajstić information content (AvgIpc) is 3.09. The number of hydrogen-bond donors (Lipinski definition) is 2. The third-order valence-electron chi connectivity index (χ3n) is 3.36. The molecule has 0 aliphatic heterocycles. The molecule has 2 rings (SSSR count). The third kappa shape index (κ3) is 4.56. The minimum absolute atomic E-state index is 0.167. The molecule has 0 saturated heterocycles. The van der Waals surface area contributed by atoms with Crippen molar-refractivity contribution >= 4 is 17.5 Å². The fraction of sp³-hybridized carbons (Fsp3) is 0.312. The number of rotatable bonds is 6. The maximum absolute atomic E-state index is 11.9. The molecule has 0 aliphatic rings. The largest absolute Gasteiger partial charge is 0.481 e. The molecule has 0 bridgehead atoms. The van der Waals surface area contributed by atoms with Crippen LogP contribution < -0.4 is 15.4 Å². The molecule has 0 radical (unpaired) electrons. The van der Waals surface area contributed by atoms with Crippen LogP contribution in [-0.2, 0) is 9.59 Å². The zero-order chi connectivity index (χ0) is 17.5. The highest BCUT2D eigenvalue weighted by Crippen LogP contribution is 2.17. The predicted molar refractivity (Wildman–Crippen MR) is 87.6 cm³/mol. The fourth-order valence-corrected chi connectivity index (χ4v) is 2.05. The lowest BCUT2D eigenvalue weighted by atomic mass is 10.2. The summed E-state index contributed by atoms with van der Waals surface area (Å²) in [6, 6.07) is 6.62. The first-order valence-electron chi connectivity index (χ1n) is 7.30. The van der Waals surface area contributed by atoms with E-state index in [1.807, 2.05) is 25.1 Å². The molecule has 0 unspecified atom stereocenters. The van der Waals surface area contributed by atoms with Crippen LogP contribution in [-0.4, -0.2) is 49.4 Å². The summed E-state index contributed by atoms with van der Waals surface area (Å²) < 4.78 is 10.3. The molecule has 2 aromatic heterocycles. The van der Waals surface area contributed by atoms with Crippen LogP contribution in [0.5, 0.6) is 5.88 Å². The van der Waals surface area contributed by atoms with Gasteiger partial charge in [-0.25, -0.2) is 4.98 Å². The van der Waals surface area contributed by atoms with Crippen molar-refractivity contribution in [3.05, 3.63) is 42.5 Å². The number of carbonyl (C=O) groups excluding carboxylic acids is 2. The van der Waals surface area contributed by atoms with Gasteiger partial charge in [0.15, 0.2) is 0 Å². The van der Waals surface area contributed by atoms with Crippen molar-refractivity contribution in [1.82, 2.24) is 15.2 Å². The molecule has 24 heavy (non-hydrogen) atoms. The van der Waals surface area contributed by atoms with E-state index < -0.39 is 11.8 Å². The summed E-state index contributed by atoms with van der Waals surface area (Å²) in [7, 11) is 5.22. The summed E-state index contributed by atoms with van der Waals surface area (Å²) in [5.74, 6) is -0.368. The number of methoxy groups -OCH3 is 1. The number of furan rings is 1. The summed E-state index contributed by atoms with van der Waals surface area (Å²) in [5, 5.41) is 5.07. The monoisotopic (exact) mass is 332 g/mol. The molecule has 8 nitrogen and oxygen atoms in total. The zero-order valence-electron chi connectivity index (χ0n) is 13.8. The summed E-state index contributed by atoms with van der Waals surface area (Å²) in [4.78, 5) is 29.7. The van der Waals surface area contributed by atoms with Gasteiger partial charge >= 0.3 is 11.8 Å². The van der Waals surface area contributed by atoms with Crippen LogP contribution in [0.2, 0.25) is 0 Å². The molecule has 2 N–H and O–H groups in total. The van der Waals surface area contributed by atoms with Gasteiger partial charge < -0.3 is 19.8 Å². The van der Waals surface area contributed by atoms with Crippen molar-refractivity contribution in [3.63, 3.8) is 0 Å². The second kappa shape index (κ2) is 8.11. The minimum atomic E-state index is -0.765. The summed E-state index contributed by atoms with van der Waals surface area (Å²) in [5.41, 5.74) is 0.408. The van der Waals surface area contributed by atoms with E-state index >= 15 is 0 Å². The van der Waals surface area contributed by atoms with E-state index in [2.05, 4.69) is 15.6 Å².